The van der Waals surface area contributed by atoms with Crippen molar-refractivity contribution < 1.29 is 14.1 Å². The Bertz CT molecular complexity index is 686. The van der Waals surface area contributed by atoms with Crippen molar-refractivity contribution in [1.82, 2.24) is 10.5 Å². The van der Waals surface area contributed by atoms with Gasteiger partial charge >= 0.3 is 0 Å². The molecule has 126 valence electrons. The van der Waals surface area contributed by atoms with E-state index in [1.54, 1.807) is 6.07 Å². The van der Waals surface area contributed by atoms with Crippen molar-refractivity contribution in [2.45, 2.75) is 56.6 Å². The van der Waals surface area contributed by atoms with Crippen LogP contribution in [0.3, 0.4) is 0 Å². The number of para-hydroxylation sites is 1. The Balaban J connectivity index is 1.25. The second-order valence-electron chi connectivity index (χ2n) is 6.77. The quantitative estimate of drug-likeness (QED) is 0.910. The van der Waals surface area contributed by atoms with Crippen LogP contribution in [0.25, 0.3) is 0 Å². The molecule has 2 aliphatic carbocycles. The molecule has 2 fully saturated rings. The second kappa shape index (κ2) is 6.67. The van der Waals surface area contributed by atoms with Gasteiger partial charge in [0.25, 0.3) is 5.91 Å². The van der Waals surface area contributed by atoms with E-state index in [1.807, 2.05) is 30.3 Å². The molecule has 1 N–H and O–H groups in total. The molecular formula is C19H22N2O3. The molecule has 0 radical (unpaired) electrons. The number of nitrogens with one attached hydrogen (secondary N) is 1. The van der Waals surface area contributed by atoms with Crippen molar-refractivity contribution in [1.29, 1.82) is 0 Å². The van der Waals surface area contributed by atoms with Crippen LogP contribution in [0.2, 0.25) is 0 Å². The van der Waals surface area contributed by atoms with E-state index >= 15 is 0 Å². The van der Waals surface area contributed by atoms with Gasteiger partial charge in [0.05, 0.1) is 11.8 Å². The fraction of sp³-hybridized carbons (Fsp3) is 0.474. The van der Waals surface area contributed by atoms with E-state index in [9.17, 15) is 4.79 Å². The molecule has 5 heteroatoms. The first-order chi connectivity index (χ1) is 11.8. The van der Waals surface area contributed by atoms with Crippen molar-refractivity contribution in [3.05, 3.63) is 47.9 Å². The Kier molecular flexibility index (Phi) is 4.24. The highest BCUT2D eigenvalue weighted by Gasteiger charge is 2.29. The maximum atomic E-state index is 12.3. The van der Waals surface area contributed by atoms with Crippen molar-refractivity contribution in [2.24, 2.45) is 0 Å². The SMILES string of the molecule is O=C(NC1CCC(Oc2ccccc2)CC1)c1cc(C2CC2)no1. The van der Waals surface area contributed by atoms with Crippen LogP contribution in [-0.4, -0.2) is 23.2 Å². The minimum Gasteiger partial charge on any atom is -0.490 e. The highest BCUT2D eigenvalue weighted by atomic mass is 16.5. The molecule has 0 saturated heterocycles. The molecule has 5 nitrogen and oxygen atoms in total. The fourth-order valence-corrected chi connectivity index (χ4v) is 3.24. The molecule has 2 aliphatic rings. The van der Waals surface area contributed by atoms with Gasteiger partial charge in [-0.3, -0.25) is 4.79 Å². The first-order valence-electron chi connectivity index (χ1n) is 8.77. The Hall–Kier alpha value is -2.30. The molecule has 0 unspecified atom stereocenters. The highest BCUT2D eigenvalue weighted by Crippen LogP contribution is 2.39. The Labute approximate surface area is 141 Å². The summed E-state index contributed by atoms with van der Waals surface area (Å²) in [5.41, 5.74) is 0.917. The van der Waals surface area contributed by atoms with Gasteiger partial charge in [0.15, 0.2) is 0 Å². The number of benzene rings is 1. The zero-order valence-corrected chi connectivity index (χ0v) is 13.6. The van der Waals surface area contributed by atoms with Crippen molar-refractivity contribution in [3.8, 4) is 5.75 Å². The highest BCUT2D eigenvalue weighted by molar-refractivity contribution is 5.91. The van der Waals surface area contributed by atoms with Gasteiger partial charge in [-0.05, 0) is 50.7 Å². The van der Waals surface area contributed by atoms with E-state index in [0.717, 1.165) is 50.0 Å². The monoisotopic (exact) mass is 326 g/mol. The van der Waals surface area contributed by atoms with Crippen molar-refractivity contribution in [3.63, 3.8) is 0 Å². The standard InChI is InChI=1S/C19H22N2O3/c22-19(18-12-17(21-24-18)13-6-7-13)20-14-8-10-16(11-9-14)23-15-4-2-1-3-5-15/h1-5,12-14,16H,6-11H2,(H,20,22). The second-order valence-corrected chi connectivity index (χ2v) is 6.77. The van der Waals surface area contributed by atoms with E-state index in [1.165, 1.54) is 0 Å². The van der Waals surface area contributed by atoms with Crippen LogP contribution in [0.4, 0.5) is 0 Å². The largest absolute Gasteiger partial charge is 0.490 e. The van der Waals surface area contributed by atoms with Crippen LogP contribution < -0.4 is 10.1 Å². The van der Waals surface area contributed by atoms with E-state index in [2.05, 4.69) is 10.5 Å². The first kappa shape index (κ1) is 15.2. The molecule has 0 spiro atoms. The van der Waals surface area contributed by atoms with Crippen LogP contribution in [0, 0.1) is 0 Å². The lowest BCUT2D eigenvalue weighted by atomic mass is 9.93. The summed E-state index contributed by atoms with van der Waals surface area (Å²) >= 11 is 0. The lowest BCUT2D eigenvalue weighted by Crippen LogP contribution is -2.39. The van der Waals surface area contributed by atoms with Gasteiger partial charge in [-0.1, -0.05) is 23.4 Å². The van der Waals surface area contributed by atoms with Gasteiger partial charge in [-0.15, -0.1) is 0 Å². The zero-order chi connectivity index (χ0) is 16.4. The predicted molar refractivity (Wildman–Crippen MR) is 89.1 cm³/mol. The smallest absolute Gasteiger partial charge is 0.290 e. The third-order valence-corrected chi connectivity index (χ3v) is 4.80. The predicted octanol–water partition coefficient (Wildman–Crippen LogP) is 3.67. The maximum absolute atomic E-state index is 12.3. The maximum Gasteiger partial charge on any atom is 0.290 e. The molecule has 0 aliphatic heterocycles. The fourth-order valence-electron chi connectivity index (χ4n) is 3.24. The molecule has 1 heterocycles. The molecule has 1 aromatic heterocycles. The van der Waals surface area contributed by atoms with Crippen LogP contribution in [0.5, 0.6) is 5.75 Å². The molecule has 2 saturated carbocycles. The number of carbonyl (C=O) groups excluding carboxylic acids is 1. The number of nitrogens with zero attached hydrogens (tertiary/aromatic N) is 1. The summed E-state index contributed by atoms with van der Waals surface area (Å²) in [7, 11) is 0. The average molecular weight is 326 g/mol. The van der Waals surface area contributed by atoms with Crippen molar-refractivity contribution in [2.75, 3.05) is 0 Å². The molecular weight excluding hydrogens is 304 g/mol. The third-order valence-electron chi connectivity index (χ3n) is 4.80. The first-order valence-corrected chi connectivity index (χ1v) is 8.77. The Morgan fingerprint density at radius 2 is 1.83 bits per heavy atom. The van der Waals surface area contributed by atoms with Gasteiger partial charge in [0, 0.05) is 18.0 Å². The van der Waals surface area contributed by atoms with E-state index < -0.39 is 0 Å². The van der Waals surface area contributed by atoms with Crippen LogP contribution in [-0.2, 0) is 0 Å². The molecule has 24 heavy (non-hydrogen) atoms. The van der Waals surface area contributed by atoms with E-state index in [-0.39, 0.29) is 18.1 Å². The van der Waals surface area contributed by atoms with Crippen molar-refractivity contribution >= 4 is 5.91 Å². The van der Waals surface area contributed by atoms with Crippen LogP contribution in [0.1, 0.15) is 60.7 Å². The van der Waals surface area contributed by atoms with E-state index in [4.69, 9.17) is 9.26 Å². The Morgan fingerprint density at radius 3 is 2.54 bits per heavy atom. The Morgan fingerprint density at radius 1 is 1.08 bits per heavy atom. The van der Waals surface area contributed by atoms with Crippen LogP contribution in [0.15, 0.2) is 40.9 Å². The number of carbonyl (C=O) groups is 1. The molecule has 1 amide bonds. The van der Waals surface area contributed by atoms with Gasteiger partial charge in [-0.25, -0.2) is 0 Å². The lowest BCUT2D eigenvalue weighted by molar-refractivity contribution is 0.0858. The van der Waals surface area contributed by atoms with Gasteiger partial charge in [0.2, 0.25) is 5.76 Å². The van der Waals surface area contributed by atoms with Gasteiger partial charge in [0.1, 0.15) is 5.75 Å². The third kappa shape index (κ3) is 3.61. The molecule has 0 atom stereocenters. The summed E-state index contributed by atoms with van der Waals surface area (Å²) in [6, 6.07) is 11.9. The molecule has 0 bridgehead atoms. The van der Waals surface area contributed by atoms with Crippen LogP contribution >= 0.6 is 0 Å². The summed E-state index contributed by atoms with van der Waals surface area (Å²) in [6.45, 7) is 0. The van der Waals surface area contributed by atoms with E-state index in [0.29, 0.717) is 11.7 Å². The minimum atomic E-state index is -0.151. The lowest BCUT2D eigenvalue weighted by Gasteiger charge is -2.29. The number of rotatable bonds is 5. The summed E-state index contributed by atoms with van der Waals surface area (Å²) in [5.74, 6) is 1.60. The number of aromatic nitrogens is 1. The molecule has 4 rings (SSSR count). The minimum absolute atomic E-state index is 0.151. The summed E-state index contributed by atoms with van der Waals surface area (Å²) < 4.78 is 11.2. The molecule has 2 aromatic rings. The normalized spacial score (nSPS) is 23.7. The summed E-state index contributed by atoms with van der Waals surface area (Å²) in [5, 5.41) is 7.06. The van der Waals surface area contributed by atoms with Gasteiger partial charge < -0.3 is 14.6 Å². The zero-order valence-electron chi connectivity index (χ0n) is 13.6. The average Bonchev–Trinajstić information content (AvgIpc) is 3.34. The molecule has 1 aromatic carbocycles. The van der Waals surface area contributed by atoms with Gasteiger partial charge in [-0.2, -0.15) is 0 Å². The number of hydrogen-bond donors (Lipinski definition) is 1. The number of ether oxygens (including phenoxy) is 1. The number of amides is 1. The number of hydrogen-bond acceptors (Lipinski definition) is 4. The summed E-state index contributed by atoms with van der Waals surface area (Å²) in [4.78, 5) is 12.3. The summed E-state index contributed by atoms with van der Waals surface area (Å²) in [6.07, 6.45) is 6.28. The topological polar surface area (TPSA) is 64.4 Å².